The van der Waals surface area contributed by atoms with Crippen LogP contribution in [-0.2, 0) is 24.5 Å². The molecule has 0 aliphatic heterocycles. The Morgan fingerprint density at radius 1 is 1.15 bits per heavy atom. The number of nitrogens with zero attached hydrogens (tertiary/aromatic N) is 4. The molecule has 0 saturated heterocycles. The van der Waals surface area contributed by atoms with Gasteiger partial charge < -0.3 is 4.74 Å². The summed E-state index contributed by atoms with van der Waals surface area (Å²) < 4.78 is 46.9. The second-order valence-electron chi connectivity index (χ2n) is 5.91. The number of halogens is 3. The van der Waals surface area contributed by atoms with Crippen molar-refractivity contribution in [2.75, 3.05) is 6.61 Å². The number of aryl methyl sites for hydroxylation is 1. The van der Waals surface area contributed by atoms with Crippen molar-refractivity contribution in [2.24, 2.45) is 7.05 Å². The maximum Gasteiger partial charge on any atom is 0.436 e. The van der Waals surface area contributed by atoms with Gasteiger partial charge >= 0.3 is 12.1 Å². The Morgan fingerprint density at radius 2 is 1.85 bits per heavy atom. The molecule has 0 unspecified atom stereocenters. The van der Waals surface area contributed by atoms with E-state index in [1.54, 1.807) is 23.0 Å². The van der Waals surface area contributed by atoms with Crippen molar-refractivity contribution in [3.63, 3.8) is 0 Å². The Morgan fingerprint density at radius 3 is 2.41 bits per heavy atom. The van der Waals surface area contributed by atoms with E-state index in [1.807, 2.05) is 25.4 Å². The summed E-state index contributed by atoms with van der Waals surface area (Å²) in [4.78, 5) is 11.8. The fraction of sp³-hybridized carbons (Fsp3) is 0.278. The van der Waals surface area contributed by atoms with E-state index in [0.717, 1.165) is 27.6 Å². The van der Waals surface area contributed by atoms with Gasteiger partial charge in [-0.15, -0.1) is 0 Å². The molecule has 0 aliphatic carbocycles. The van der Waals surface area contributed by atoms with Gasteiger partial charge in [0.05, 0.1) is 19.3 Å². The van der Waals surface area contributed by atoms with E-state index in [0.29, 0.717) is 0 Å². The van der Waals surface area contributed by atoms with Crippen LogP contribution < -0.4 is 0 Å². The molecule has 0 aliphatic rings. The lowest BCUT2D eigenvalue weighted by Gasteiger charge is -2.05. The van der Waals surface area contributed by atoms with Crippen LogP contribution in [0.15, 0.2) is 42.9 Å². The normalized spacial score (nSPS) is 11.6. The third-order valence-electron chi connectivity index (χ3n) is 3.86. The first kappa shape index (κ1) is 18.7. The quantitative estimate of drug-likeness (QED) is 0.638. The lowest BCUT2D eigenvalue weighted by Crippen LogP contribution is -2.14. The highest BCUT2D eigenvalue weighted by Gasteiger charge is 2.39. The Balaban J connectivity index is 1.84. The first-order chi connectivity index (χ1) is 12.8. The lowest BCUT2D eigenvalue weighted by molar-refractivity contribution is -0.142. The van der Waals surface area contributed by atoms with Gasteiger partial charge in [0.1, 0.15) is 5.56 Å². The van der Waals surface area contributed by atoms with Crippen LogP contribution in [0.3, 0.4) is 0 Å². The van der Waals surface area contributed by atoms with E-state index in [1.165, 1.54) is 6.92 Å². The second kappa shape index (κ2) is 7.26. The Kier molecular flexibility index (Phi) is 5.02. The summed E-state index contributed by atoms with van der Waals surface area (Å²) in [5, 5.41) is 7.64. The number of carbonyl (C=O) groups excluding carboxylic acids is 1. The molecule has 3 aromatic rings. The molecule has 2 aromatic heterocycles. The largest absolute Gasteiger partial charge is 0.462 e. The maximum atomic E-state index is 13.2. The summed E-state index contributed by atoms with van der Waals surface area (Å²) in [5.74, 6) is -1.04. The molecule has 0 saturated carbocycles. The zero-order chi connectivity index (χ0) is 19.6. The molecule has 0 radical (unpaired) electrons. The molecule has 6 nitrogen and oxygen atoms in total. The van der Waals surface area contributed by atoms with Gasteiger partial charge in [-0.2, -0.15) is 23.4 Å². The standard InChI is InChI=1S/C18H17F3N4O2/c1-3-27-17(26)15-11-25(23-16(15)18(19,20)21)9-12-4-6-13(7-5-12)14-8-22-24(2)10-14/h4-8,10-11H,3,9H2,1-2H3. The molecule has 0 fully saturated rings. The van der Waals surface area contributed by atoms with E-state index in [-0.39, 0.29) is 13.2 Å². The number of alkyl halides is 3. The highest BCUT2D eigenvalue weighted by molar-refractivity contribution is 5.90. The fourth-order valence-electron chi connectivity index (χ4n) is 2.63. The highest BCUT2D eigenvalue weighted by atomic mass is 19.4. The third-order valence-corrected chi connectivity index (χ3v) is 3.86. The molecule has 0 amide bonds. The Labute approximate surface area is 153 Å². The summed E-state index contributed by atoms with van der Waals surface area (Å²) >= 11 is 0. The minimum absolute atomic E-state index is 0.0168. The van der Waals surface area contributed by atoms with Crippen LogP contribution in [0.1, 0.15) is 28.5 Å². The summed E-state index contributed by atoms with van der Waals surface area (Å²) in [7, 11) is 1.81. The van der Waals surface area contributed by atoms with Crippen molar-refractivity contribution in [3.05, 3.63) is 59.7 Å². The van der Waals surface area contributed by atoms with E-state index in [4.69, 9.17) is 4.74 Å². The van der Waals surface area contributed by atoms with Crippen LogP contribution >= 0.6 is 0 Å². The molecule has 27 heavy (non-hydrogen) atoms. The zero-order valence-electron chi connectivity index (χ0n) is 14.7. The van der Waals surface area contributed by atoms with Crippen molar-refractivity contribution in [1.82, 2.24) is 19.6 Å². The number of hydrogen-bond donors (Lipinski definition) is 0. The summed E-state index contributed by atoms with van der Waals surface area (Å²) in [6.45, 7) is 1.60. The molecule has 142 valence electrons. The maximum absolute atomic E-state index is 13.2. The van der Waals surface area contributed by atoms with Gasteiger partial charge in [0.25, 0.3) is 0 Å². The van der Waals surface area contributed by atoms with Crippen molar-refractivity contribution >= 4 is 5.97 Å². The first-order valence-electron chi connectivity index (χ1n) is 8.17. The van der Waals surface area contributed by atoms with Gasteiger partial charge in [-0.3, -0.25) is 9.36 Å². The molecule has 1 aromatic carbocycles. The van der Waals surface area contributed by atoms with Gasteiger partial charge in [-0.25, -0.2) is 4.79 Å². The summed E-state index contributed by atoms with van der Waals surface area (Å²) in [6.07, 6.45) is -0.0825. The predicted octanol–water partition coefficient (Wildman–Crippen LogP) is 3.53. The minimum Gasteiger partial charge on any atom is -0.462 e. The third kappa shape index (κ3) is 4.18. The molecule has 0 bridgehead atoms. The number of ether oxygens (including phenoxy) is 1. The zero-order valence-corrected chi connectivity index (χ0v) is 14.7. The lowest BCUT2D eigenvalue weighted by atomic mass is 10.1. The van der Waals surface area contributed by atoms with Crippen LogP contribution in [-0.4, -0.2) is 32.1 Å². The van der Waals surface area contributed by atoms with Crippen molar-refractivity contribution in [2.45, 2.75) is 19.6 Å². The van der Waals surface area contributed by atoms with Crippen LogP contribution in [0.4, 0.5) is 13.2 Å². The first-order valence-corrected chi connectivity index (χ1v) is 8.17. The van der Waals surface area contributed by atoms with Gasteiger partial charge in [0, 0.05) is 25.0 Å². The van der Waals surface area contributed by atoms with Crippen LogP contribution in [0, 0.1) is 0 Å². The molecule has 0 atom stereocenters. The van der Waals surface area contributed by atoms with Crippen molar-refractivity contribution in [1.29, 1.82) is 0 Å². The van der Waals surface area contributed by atoms with Crippen LogP contribution in [0.5, 0.6) is 0 Å². The molecule has 3 rings (SSSR count). The summed E-state index contributed by atoms with van der Waals surface area (Å²) in [6, 6.07) is 7.29. The number of rotatable bonds is 5. The number of carbonyl (C=O) groups is 1. The molecule has 2 heterocycles. The van der Waals surface area contributed by atoms with Gasteiger partial charge in [-0.1, -0.05) is 24.3 Å². The average molecular weight is 378 g/mol. The van der Waals surface area contributed by atoms with Gasteiger partial charge in [0.2, 0.25) is 0 Å². The molecular weight excluding hydrogens is 361 g/mol. The molecule has 9 heteroatoms. The predicted molar refractivity (Wildman–Crippen MR) is 90.9 cm³/mol. The average Bonchev–Trinajstić information content (AvgIpc) is 3.22. The van der Waals surface area contributed by atoms with Crippen molar-refractivity contribution in [3.8, 4) is 11.1 Å². The van der Waals surface area contributed by atoms with E-state index < -0.39 is 23.4 Å². The minimum atomic E-state index is -4.74. The fourth-order valence-corrected chi connectivity index (χ4v) is 2.63. The highest BCUT2D eigenvalue weighted by Crippen LogP contribution is 2.31. The monoisotopic (exact) mass is 378 g/mol. The number of benzene rings is 1. The van der Waals surface area contributed by atoms with E-state index >= 15 is 0 Å². The molecular formula is C18H17F3N4O2. The number of esters is 1. The van der Waals surface area contributed by atoms with Gasteiger partial charge in [0.15, 0.2) is 5.69 Å². The Hall–Kier alpha value is -3.10. The van der Waals surface area contributed by atoms with E-state index in [9.17, 15) is 18.0 Å². The van der Waals surface area contributed by atoms with Crippen molar-refractivity contribution < 1.29 is 22.7 Å². The second-order valence-corrected chi connectivity index (χ2v) is 5.91. The van der Waals surface area contributed by atoms with Crippen LogP contribution in [0.2, 0.25) is 0 Å². The SMILES string of the molecule is CCOC(=O)c1cn(Cc2ccc(-c3cnn(C)c3)cc2)nc1C(F)(F)F. The molecule has 0 spiro atoms. The number of hydrogen-bond acceptors (Lipinski definition) is 4. The smallest absolute Gasteiger partial charge is 0.436 e. The number of aromatic nitrogens is 4. The summed E-state index contributed by atoms with van der Waals surface area (Å²) in [5.41, 5.74) is 0.793. The Bertz CT molecular complexity index is 942. The van der Waals surface area contributed by atoms with E-state index in [2.05, 4.69) is 10.2 Å². The molecule has 0 N–H and O–H groups in total. The van der Waals surface area contributed by atoms with Gasteiger partial charge in [-0.05, 0) is 18.1 Å². The topological polar surface area (TPSA) is 61.9 Å². The van der Waals surface area contributed by atoms with Crippen LogP contribution in [0.25, 0.3) is 11.1 Å².